The summed E-state index contributed by atoms with van der Waals surface area (Å²) >= 11 is 6.00. The van der Waals surface area contributed by atoms with Crippen LogP contribution < -0.4 is 5.32 Å². The largest absolute Gasteiger partial charge is 0.416 e. The number of amides is 1. The topological polar surface area (TPSA) is 70.1 Å². The van der Waals surface area contributed by atoms with Crippen LogP contribution >= 0.6 is 11.6 Å². The van der Waals surface area contributed by atoms with Gasteiger partial charge in [0.05, 0.1) is 22.6 Å². The Labute approximate surface area is 212 Å². The summed E-state index contributed by atoms with van der Waals surface area (Å²) in [5, 5.41) is 3.25. The van der Waals surface area contributed by atoms with Gasteiger partial charge in [-0.1, -0.05) is 23.2 Å². The molecule has 0 spiro atoms. The number of carbonyl (C=O) groups is 1. The molecule has 0 aliphatic heterocycles. The number of nitrogens with zero attached hydrogens (tertiary/aromatic N) is 2. The molecule has 2 N–H and O–H groups in total. The second kappa shape index (κ2) is 10.5. The zero-order valence-electron chi connectivity index (χ0n) is 20.4. The summed E-state index contributed by atoms with van der Waals surface area (Å²) in [6, 6.07) is 8.32. The van der Waals surface area contributed by atoms with Gasteiger partial charge in [-0.25, -0.2) is 4.98 Å². The van der Waals surface area contributed by atoms with Gasteiger partial charge in [-0.15, -0.1) is 0 Å². The predicted molar refractivity (Wildman–Crippen MR) is 136 cm³/mol. The lowest BCUT2D eigenvalue weighted by Gasteiger charge is -2.17. The summed E-state index contributed by atoms with van der Waals surface area (Å²) in [6.45, 7) is 5.48. The first-order chi connectivity index (χ1) is 17.0. The Kier molecular flexibility index (Phi) is 7.54. The van der Waals surface area contributed by atoms with Gasteiger partial charge in [0.1, 0.15) is 5.82 Å². The van der Waals surface area contributed by atoms with Gasteiger partial charge in [0.15, 0.2) is 0 Å². The van der Waals surface area contributed by atoms with E-state index in [1.165, 1.54) is 17.7 Å². The van der Waals surface area contributed by atoms with E-state index in [2.05, 4.69) is 20.3 Å². The number of fused-ring (bicyclic) bond motifs is 1. The SMILES string of the molecule is CC1=C(/N=C(/C)Cc2ccc(C(=O)N[C@@H](C)c3nc4cc(Cl)ccc4[nH]3)cc2C(F)(F)F)CCCC1. The molecule has 4 rings (SSSR count). The van der Waals surface area contributed by atoms with Crippen LogP contribution in [0.3, 0.4) is 0 Å². The Bertz CT molecular complexity index is 1360. The molecule has 1 aromatic heterocycles. The summed E-state index contributed by atoms with van der Waals surface area (Å²) in [5.74, 6) is -0.140. The molecule has 1 amide bonds. The number of hydrogen-bond donors (Lipinski definition) is 2. The molecular weight excluding hydrogens is 489 g/mol. The van der Waals surface area contributed by atoms with Gasteiger partial charge in [0.2, 0.25) is 0 Å². The Morgan fingerprint density at radius 3 is 2.67 bits per heavy atom. The first kappa shape index (κ1) is 25.9. The van der Waals surface area contributed by atoms with Gasteiger partial charge < -0.3 is 10.3 Å². The highest BCUT2D eigenvalue weighted by atomic mass is 35.5. The van der Waals surface area contributed by atoms with E-state index in [1.807, 2.05) is 6.92 Å². The van der Waals surface area contributed by atoms with Crippen LogP contribution in [0.5, 0.6) is 0 Å². The van der Waals surface area contributed by atoms with Crippen molar-refractivity contribution in [2.24, 2.45) is 4.99 Å². The smallest absolute Gasteiger partial charge is 0.342 e. The fourth-order valence-electron chi connectivity index (χ4n) is 4.43. The molecule has 190 valence electrons. The maximum atomic E-state index is 13.9. The molecule has 3 aromatic rings. The number of halogens is 4. The number of aromatic nitrogens is 2. The Balaban J connectivity index is 1.54. The molecule has 9 heteroatoms. The number of allylic oxidation sites excluding steroid dienone is 2. The zero-order valence-corrected chi connectivity index (χ0v) is 21.1. The van der Waals surface area contributed by atoms with Crippen LogP contribution in [0.4, 0.5) is 13.2 Å². The van der Waals surface area contributed by atoms with Crippen LogP contribution in [0.1, 0.15) is 79.8 Å². The predicted octanol–water partition coefficient (Wildman–Crippen LogP) is 7.58. The van der Waals surface area contributed by atoms with Crippen molar-refractivity contribution in [1.82, 2.24) is 15.3 Å². The first-order valence-electron chi connectivity index (χ1n) is 11.9. The molecule has 0 saturated carbocycles. The molecule has 1 aliphatic carbocycles. The van der Waals surface area contributed by atoms with Gasteiger partial charge in [-0.3, -0.25) is 9.79 Å². The van der Waals surface area contributed by atoms with E-state index in [4.69, 9.17) is 11.6 Å². The highest BCUT2D eigenvalue weighted by Crippen LogP contribution is 2.34. The standard InChI is InChI=1S/C27H28ClF3N4O/c1-15-6-4-5-7-22(15)32-16(2)12-18-8-9-19(13-21(18)27(29,30)31)26(36)33-17(3)25-34-23-11-10-20(28)14-24(23)35-25/h8-11,13-14,17H,4-7,12H2,1-3H3,(H,33,36)(H,34,35)/b32-16-/t17-/m0/s1. The van der Waals surface area contributed by atoms with Crippen molar-refractivity contribution in [1.29, 1.82) is 0 Å². The lowest BCUT2D eigenvalue weighted by atomic mass is 9.96. The zero-order chi connectivity index (χ0) is 26.0. The number of imidazole rings is 1. The summed E-state index contributed by atoms with van der Waals surface area (Å²) in [4.78, 5) is 25.0. The number of carbonyl (C=O) groups excluding carboxylic acids is 1. The third-order valence-electron chi connectivity index (χ3n) is 6.38. The molecule has 0 radical (unpaired) electrons. The average Bonchev–Trinajstić information content (AvgIpc) is 3.23. The number of aromatic amines is 1. The quantitative estimate of drug-likeness (QED) is 0.331. The van der Waals surface area contributed by atoms with Crippen molar-refractivity contribution in [2.45, 2.75) is 65.1 Å². The second-order valence-corrected chi connectivity index (χ2v) is 9.74. The van der Waals surface area contributed by atoms with Gasteiger partial charge >= 0.3 is 6.18 Å². The summed E-state index contributed by atoms with van der Waals surface area (Å²) in [7, 11) is 0. The van der Waals surface area contributed by atoms with Gasteiger partial charge in [0, 0.05) is 28.4 Å². The minimum Gasteiger partial charge on any atom is -0.342 e. The Morgan fingerprint density at radius 2 is 1.94 bits per heavy atom. The summed E-state index contributed by atoms with van der Waals surface area (Å²) in [5.41, 5.74) is 3.37. The molecule has 1 atom stereocenters. The Morgan fingerprint density at radius 1 is 1.19 bits per heavy atom. The number of benzene rings is 2. The minimum atomic E-state index is -4.60. The number of alkyl halides is 3. The highest BCUT2D eigenvalue weighted by molar-refractivity contribution is 6.31. The maximum Gasteiger partial charge on any atom is 0.416 e. The monoisotopic (exact) mass is 516 g/mol. The number of H-pyrrole nitrogens is 1. The molecule has 36 heavy (non-hydrogen) atoms. The van der Waals surface area contributed by atoms with E-state index in [0.29, 0.717) is 22.1 Å². The van der Waals surface area contributed by atoms with Crippen molar-refractivity contribution in [2.75, 3.05) is 0 Å². The Hall–Kier alpha value is -3.13. The van der Waals surface area contributed by atoms with E-state index in [0.717, 1.165) is 43.0 Å². The lowest BCUT2D eigenvalue weighted by Crippen LogP contribution is -2.28. The van der Waals surface area contributed by atoms with Crippen LogP contribution in [0, 0.1) is 0 Å². The van der Waals surface area contributed by atoms with E-state index in [-0.39, 0.29) is 17.5 Å². The highest BCUT2D eigenvalue weighted by Gasteiger charge is 2.34. The van der Waals surface area contributed by atoms with Crippen molar-refractivity contribution in [3.8, 4) is 0 Å². The maximum absolute atomic E-state index is 13.9. The molecule has 0 bridgehead atoms. The molecule has 0 fully saturated rings. The summed E-state index contributed by atoms with van der Waals surface area (Å²) in [6.07, 6.45) is -0.550. The van der Waals surface area contributed by atoms with Crippen LogP contribution in [0.15, 0.2) is 52.7 Å². The van der Waals surface area contributed by atoms with Gasteiger partial charge in [-0.2, -0.15) is 13.2 Å². The fourth-order valence-corrected chi connectivity index (χ4v) is 4.59. The normalized spacial score (nSPS) is 15.9. The van der Waals surface area contributed by atoms with Crippen LogP contribution in [-0.4, -0.2) is 21.6 Å². The number of aliphatic imine (C=N–C) groups is 1. The van der Waals surface area contributed by atoms with Crippen LogP contribution in [-0.2, 0) is 12.6 Å². The minimum absolute atomic E-state index is 0.0610. The van der Waals surface area contributed by atoms with Crippen molar-refractivity contribution < 1.29 is 18.0 Å². The fraction of sp³-hybridized carbons (Fsp3) is 0.370. The third-order valence-corrected chi connectivity index (χ3v) is 6.61. The van der Waals surface area contributed by atoms with E-state index in [1.54, 1.807) is 32.0 Å². The van der Waals surface area contributed by atoms with Crippen molar-refractivity contribution in [3.63, 3.8) is 0 Å². The molecule has 0 unspecified atom stereocenters. The van der Waals surface area contributed by atoms with E-state index >= 15 is 0 Å². The van der Waals surface area contributed by atoms with Crippen molar-refractivity contribution >= 4 is 34.3 Å². The van der Waals surface area contributed by atoms with E-state index in [9.17, 15) is 18.0 Å². The average molecular weight is 517 g/mol. The summed E-state index contributed by atoms with van der Waals surface area (Å²) < 4.78 is 41.8. The molecular formula is C27H28ClF3N4O. The number of nitrogens with one attached hydrogen (secondary N) is 2. The molecule has 5 nitrogen and oxygen atoms in total. The van der Waals surface area contributed by atoms with E-state index < -0.39 is 23.7 Å². The first-order valence-corrected chi connectivity index (χ1v) is 12.3. The second-order valence-electron chi connectivity index (χ2n) is 9.31. The number of hydrogen-bond acceptors (Lipinski definition) is 3. The van der Waals surface area contributed by atoms with Crippen molar-refractivity contribution in [3.05, 3.63) is 75.2 Å². The molecule has 0 saturated heterocycles. The van der Waals surface area contributed by atoms with Crippen LogP contribution in [0.2, 0.25) is 5.02 Å². The number of rotatable bonds is 6. The molecule has 2 aromatic carbocycles. The van der Waals surface area contributed by atoms with Crippen LogP contribution in [0.25, 0.3) is 11.0 Å². The third kappa shape index (κ3) is 5.98. The lowest BCUT2D eigenvalue weighted by molar-refractivity contribution is -0.138. The van der Waals surface area contributed by atoms with Gasteiger partial charge in [-0.05, 0) is 82.3 Å². The molecule has 1 heterocycles. The molecule has 1 aliphatic rings. The van der Waals surface area contributed by atoms with Gasteiger partial charge in [0.25, 0.3) is 5.91 Å².